The van der Waals surface area contributed by atoms with Crippen molar-refractivity contribution in [2.45, 2.75) is 26.7 Å². The van der Waals surface area contributed by atoms with Crippen LogP contribution in [0.15, 0.2) is 10.6 Å². The van der Waals surface area contributed by atoms with Crippen molar-refractivity contribution in [1.82, 2.24) is 10.1 Å². The lowest BCUT2D eigenvalue weighted by atomic mass is 10.1. The van der Waals surface area contributed by atoms with Gasteiger partial charge in [0, 0.05) is 12.1 Å². The fourth-order valence-corrected chi connectivity index (χ4v) is 1.76. The molecule has 2 rings (SSSR count). The molecule has 84 valence electrons. The number of carboxylic acid groups (broad SMARTS) is 1. The van der Waals surface area contributed by atoms with Crippen LogP contribution in [-0.4, -0.2) is 21.2 Å². The summed E-state index contributed by atoms with van der Waals surface area (Å²) in [6.45, 7) is 3.82. The molecule has 5 heteroatoms. The first kappa shape index (κ1) is 10.6. The third-order valence-electron chi connectivity index (χ3n) is 2.42. The molecule has 0 bridgehead atoms. The standard InChI is InChI=1S/C11H12N2O3/c1-6-5-7(2)12-11-10(6)8(13-16-11)3-4-9(14)15/h5H,3-4H2,1-2H3,(H,14,15). The molecule has 1 N–H and O–H groups in total. The molecule has 2 aromatic heterocycles. The van der Waals surface area contributed by atoms with E-state index in [1.165, 1.54) is 0 Å². The predicted octanol–water partition coefficient (Wildman–Crippen LogP) is 1.86. The van der Waals surface area contributed by atoms with Crippen LogP contribution in [0, 0.1) is 13.8 Å². The molecule has 0 unspecified atom stereocenters. The van der Waals surface area contributed by atoms with Crippen LogP contribution < -0.4 is 0 Å². The Morgan fingerprint density at radius 2 is 2.25 bits per heavy atom. The Kier molecular flexibility index (Phi) is 2.60. The average Bonchev–Trinajstić information content (AvgIpc) is 2.57. The van der Waals surface area contributed by atoms with E-state index in [1.54, 1.807) is 0 Å². The Hall–Kier alpha value is -1.91. The number of nitrogens with zero attached hydrogens (tertiary/aromatic N) is 2. The number of aliphatic carboxylic acids is 1. The summed E-state index contributed by atoms with van der Waals surface area (Å²) in [6, 6.07) is 1.93. The van der Waals surface area contributed by atoms with Crippen LogP contribution in [-0.2, 0) is 11.2 Å². The van der Waals surface area contributed by atoms with Gasteiger partial charge in [0.1, 0.15) is 0 Å². The number of aryl methyl sites for hydroxylation is 3. The lowest BCUT2D eigenvalue weighted by Crippen LogP contribution is -1.98. The molecule has 2 aromatic rings. The lowest BCUT2D eigenvalue weighted by Gasteiger charge is -1.98. The highest BCUT2D eigenvalue weighted by Crippen LogP contribution is 2.22. The van der Waals surface area contributed by atoms with E-state index in [1.807, 2.05) is 19.9 Å². The number of fused-ring (bicyclic) bond motifs is 1. The van der Waals surface area contributed by atoms with E-state index in [9.17, 15) is 4.79 Å². The van der Waals surface area contributed by atoms with Crippen LogP contribution >= 0.6 is 0 Å². The van der Waals surface area contributed by atoms with Gasteiger partial charge in [-0.1, -0.05) is 5.16 Å². The molecule has 5 nitrogen and oxygen atoms in total. The minimum atomic E-state index is -0.839. The summed E-state index contributed by atoms with van der Waals surface area (Å²) < 4.78 is 5.09. The second-order valence-corrected chi connectivity index (χ2v) is 3.78. The maximum absolute atomic E-state index is 10.5. The fourth-order valence-electron chi connectivity index (χ4n) is 1.76. The van der Waals surface area contributed by atoms with E-state index in [0.29, 0.717) is 17.8 Å². The Bertz CT molecular complexity index is 545. The largest absolute Gasteiger partial charge is 0.481 e. The number of hydrogen-bond acceptors (Lipinski definition) is 4. The maximum atomic E-state index is 10.5. The number of carboxylic acids is 1. The van der Waals surface area contributed by atoms with Gasteiger partial charge in [-0.2, -0.15) is 0 Å². The number of hydrogen-bond donors (Lipinski definition) is 1. The fraction of sp³-hybridized carbons (Fsp3) is 0.364. The summed E-state index contributed by atoms with van der Waals surface area (Å²) in [5.41, 5.74) is 3.04. The molecule has 2 heterocycles. The van der Waals surface area contributed by atoms with Crippen molar-refractivity contribution in [3.63, 3.8) is 0 Å². The average molecular weight is 220 g/mol. The molecule has 0 aromatic carbocycles. The van der Waals surface area contributed by atoms with E-state index >= 15 is 0 Å². The topological polar surface area (TPSA) is 76.2 Å². The molecular weight excluding hydrogens is 208 g/mol. The smallest absolute Gasteiger partial charge is 0.303 e. The van der Waals surface area contributed by atoms with Crippen molar-refractivity contribution < 1.29 is 14.4 Å². The molecule has 0 aliphatic carbocycles. The van der Waals surface area contributed by atoms with Crippen LogP contribution in [0.5, 0.6) is 0 Å². The van der Waals surface area contributed by atoms with Crippen LogP contribution in [0.4, 0.5) is 0 Å². The van der Waals surface area contributed by atoms with Gasteiger partial charge in [-0.25, -0.2) is 4.98 Å². The molecule has 16 heavy (non-hydrogen) atoms. The first-order chi connectivity index (χ1) is 7.58. The summed E-state index contributed by atoms with van der Waals surface area (Å²) >= 11 is 0. The third kappa shape index (κ3) is 1.88. The second kappa shape index (κ2) is 3.92. The maximum Gasteiger partial charge on any atom is 0.303 e. The first-order valence-corrected chi connectivity index (χ1v) is 5.02. The zero-order valence-corrected chi connectivity index (χ0v) is 9.15. The number of aromatic nitrogens is 2. The van der Waals surface area contributed by atoms with Gasteiger partial charge in [-0.3, -0.25) is 4.79 Å². The number of pyridine rings is 1. The SMILES string of the molecule is Cc1cc(C)c2c(CCC(=O)O)noc2n1. The molecule has 0 spiro atoms. The second-order valence-electron chi connectivity index (χ2n) is 3.78. The normalized spacial score (nSPS) is 10.9. The number of rotatable bonds is 3. The predicted molar refractivity (Wildman–Crippen MR) is 57.2 cm³/mol. The molecule has 0 atom stereocenters. The monoisotopic (exact) mass is 220 g/mol. The van der Waals surface area contributed by atoms with Gasteiger partial charge >= 0.3 is 5.97 Å². The summed E-state index contributed by atoms with van der Waals surface area (Å²) in [5, 5.41) is 13.3. The van der Waals surface area contributed by atoms with E-state index in [0.717, 1.165) is 16.6 Å². The first-order valence-electron chi connectivity index (χ1n) is 5.02. The van der Waals surface area contributed by atoms with Crippen molar-refractivity contribution in [1.29, 1.82) is 0 Å². The van der Waals surface area contributed by atoms with Gasteiger partial charge in [0.25, 0.3) is 5.71 Å². The summed E-state index contributed by atoms with van der Waals surface area (Å²) in [6.07, 6.45) is 0.420. The molecule has 0 radical (unpaired) electrons. The van der Waals surface area contributed by atoms with E-state index < -0.39 is 5.97 Å². The summed E-state index contributed by atoms with van der Waals surface area (Å²) in [5.74, 6) is -0.839. The Morgan fingerprint density at radius 1 is 1.50 bits per heavy atom. The molecule has 0 fully saturated rings. The van der Waals surface area contributed by atoms with Gasteiger partial charge in [-0.15, -0.1) is 0 Å². The van der Waals surface area contributed by atoms with Crippen molar-refractivity contribution >= 4 is 17.1 Å². The van der Waals surface area contributed by atoms with Crippen LogP contribution in [0.25, 0.3) is 11.1 Å². The third-order valence-corrected chi connectivity index (χ3v) is 2.42. The van der Waals surface area contributed by atoms with Crippen LogP contribution in [0.1, 0.15) is 23.4 Å². The molecular formula is C11H12N2O3. The van der Waals surface area contributed by atoms with Gasteiger partial charge in [-0.05, 0) is 25.5 Å². The van der Waals surface area contributed by atoms with E-state index in [-0.39, 0.29) is 6.42 Å². The van der Waals surface area contributed by atoms with Crippen molar-refractivity contribution in [2.24, 2.45) is 0 Å². The lowest BCUT2D eigenvalue weighted by molar-refractivity contribution is -0.136. The molecule has 0 saturated heterocycles. The minimum Gasteiger partial charge on any atom is -0.481 e. The quantitative estimate of drug-likeness (QED) is 0.854. The van der Waals surface area contributed by atoms with Gasteiger partial charge in [0.2, 0.25) is 0 Å². The van der Waals surface area contributed by atoms with E-state index in [4.69, 9.17) is 9.63 Å². The molecule has 0 saturated carbocycles. The van der Waals surface area contributed by atoms with E-state index in [2.05, 4.69) is 10.1 Å². The van der Waals surface area contributed by atoms with Gasteiger partial charge < -0.3 is 9.63 Å². The number of carbonyl (C=O) groups is 1. The zero-order chi connectivity index (χ0) is 11.7. The van der Waals surface area contributed by atoms with Crippen LogP contribution in [0.3, 0.4) is 0 Å². The van der Waals surface area contributed by atoms with Gasteiger partial charge in [0.15, 0.2) is 0 Å². The minimum absolute atomic E-state index is 0.0505. The Balaban J connectivity index is 2.43. The molecule has 0 amide bonds. The van der Waals surface area contributed by atoms with Crippen LogP contribution in [0.2, 0.25) is 0 Å². The summed E-state index contributed by atoms with van der Waals surface area (Å²) in [4.78, 5) is 14.7. The highest BCUT2D eigenvalue weighted by atomic mass is 16.5. The highest BCUT2D eigenvalue weighted by molar-refractivity contribution is 5.80. The van der Waals surface area contributed by atoms with Crippen molar-refractivity contribution in [3.05, 3.63) is 23.0 Å². The molecule has 0 aliphatic rings. The van der Waals surface area contributed by atoms with Crippen molar-refractivity contribution in [3.8, 4) is 0 Å². The zero-order valence-electron chi connectivity index (χ0n) is 9.15. The molecule has 0 aliphatic heterocycles. The summed E-state index contributed by atoms with van der Waals surface area (Å²) in [7, 11) is 0. The van der Waals surface area contributed by atoms with Crippen molar-refractivity contribution in [2.75, 3.05) is 0 Å². The Morgan fingerprint density at radius 3 is 2.94 bits per heavy atom. The van der Waals surface area contributed by atoms with Gasteiger partial charge in [0.05, 0.1) is 17.5 Å². The Labute approximate surface area is 92.1 Å². The highest BCUT2D eigenvalue weighted by Gasteiger charge is 2.13.